The first-order valence-corrected chi connectivity index (χ1v) is 10.5. The Morgan fingerprint density at radius 2 is 2.20 bits per heavy atom. The second-order valence-electron chi connectivity index (χ2n) is 8.99. The second kappa shape index (κ2) is 7.65. The minimum absolute atomic E-state index is 0.0121. The van der Waals surface area contributed by atoms with E-state index in [4.69, 9.17) is 10.5 Å². The van der Waals surface area contributed by atoms with Crippen LogP contribution >= 0.6 is 0 Å². The summed E-state index contributed by atoms with van der Waals surface area (Å²) >= 11 is 0. The quantitative estimate of drug-likeness (QED) is 0.778. The summed E-state index contributed by atoms with van der Waals surface area (Å²) in [5.41, 5.74) is 7.64. The minimum atomic E-state index is -0.890. The standard InChI is InChI=1S/C22H28F2N4O2/c1-4-16-13-5-7-22(2,3)10-17(13)28(27-16)20-15(23)9-14(21(25)29)19(18(20)24)26-12-6-8-30-11-12/h9,12,26H,4-8,10-11H2,1-3H3,(H2,25,29)/t12-/m1/s1. The molecule has 0 unspecified atom stereocenters. The number of carbonyl (C=O) groups is 1. The number of aryl methyl sites for hydroxylation is 1. The third-order valence-corrected chi connectivity index (χ3v) is 6.16. The first-order valence-electron chi connectivity index (χ1n) is 10.5. The van der Waals surface area contributed by atoms with Gasteiger partial charge in [0.05, 0.1) is 29.6 Å². The predicted molar refractivity (Wildman–Crippen MR) is 110 cm³/mol. The maximum absolute atomic E-state index is 15.8. The fourth-order valence-electron chi connectivity index (χ4n) is 4.47. The summed E-state index contributed by atoms with van der Waals surface area (Å²) in [6.07, 6.45) is 3.85. The number of halogens is 2. The van der Waals surface area contributed by atoms with E-state index in [-0.39, 0.29) is 28.4 Å². The van der Waals surface area contributed by atoms with Crippen molar-refractivity contribution in [1.29, 1.82) is 0 Å². The molecule has 3 N–H and O–H groups in total. The second-order valence-corrected chi connectivity index (χ2v) is 8.99. The Morgan fingerprint density at radius 3 is 2.83 bits per heavy atom. The third-order valence-electron chi connectivity index (χ3n) is 6.16. The zero-order valence-electron chi connectivity index (χ0n) is 17.6. The van der Waals surface area contributed by atoms with E-state index in [9.17, 15) is 4.79 Å². The van der Waals surface area contributed by atoms with E-state index in [2.05, 4.69) is 24.3 Å². The van der Waals surface area contributed by atoms with Crippen LogP contribution in [0.25, 0.3) is 5.69 Å². The van der Waals surface area contributed by atoms with Crippen molar-refractivity contribution >= 4 is 11.6 Å². The first kappa shape index (κ1) is 20.8. The van der Waals surface area contributed by atoms with Crippen LogP contribution in [0.2, 0.25) is 0 Å². The van der Waals surface area contributed by atoms with Gasteiger partial charge in [0.25, 0.3) is 5.91 Å². The van der Waals surface area contributed by atoms with Gasteiger partial charge in [-0.25, -0.2) is 13.5 Å². The van der Waals surface area contributed by atoms with Crippen molar-refractivity contribution in [3.05, 3.63) is 40.2 Å². The molecule has 2 aliphatic rings. The Labute approximate surface area is 174 Å². The van der Waals surface area contributed by atoms with E-state index >= 15 is 8.78 Å². The number of rotatable bonds is 5. The average molecular weight is 418 g/mol. The summed E-state index contributed by atoms with van der Waals surface area (Å²) in [6.45, 7) is 7.21. The molecule has 1 fully saturated rings. The maximum atomic E-state index is 15.8. The van der Waals surface area contributed by atoms with Crippen LogP contribution < -0.4 is 11.1 Å². The molecule has 4 rings (SSSR count). The number of nitrogens with two attached hydrogens (primary N) is 1. The van der Waals surface area contributed by atoms with Gasteiger partial charge in [-0.3, -0.25) is 4.79 Å². The number of nitrogens with zero attached hydrogens (tertiary/aromatic N) is 2. The number of ether oxygens (including phenoxy) is 1. The van der Waals surface area contributed by atoms with Crippen molar-refractivity contribution in [3.8, 4) is 5.69 Å². The zero-order valence-corrected chi connectivity index (χ0v) is 17.6. The SMILES string of the molecule is CCc1nn(-c2c(F)cc(C(N)=O)c(N[C@@H]3CCOC3)c2F)c2c1CCC(C)(C)C2. The molecule has 0 saturated carbocycles. The van der Waals surface area contributed by atoms with Crippen LogP contribution in [0.5, 0.6) is 0 Å². The highest BCUT2D eigenvalue weighted by Crippen LogP contribution is 2.39. The lowest BCUT2D eigenvalue weighted by Gasteiger charge is -2.30. The van der Waals surface area contributed by atoms with Gasteiger partial charge >= 0.3 is 0 Å². The molecule has 1 atom stereocenters. The van der Waals surface area contributed by atoms with Gasteiger partial charge in [0.1, 0.15) is 5.69 Å². The number of benzene rings is 1. The van der Waals surface area contributed by atoms with E-state index in [0.717, 1.165) is 35.9 Å². The van der Waals surface area contributed by atoms with Crippen molar-refractivity contribution < 1.29 is 18.3 Å². The average Bonchev–Trinajstić information content (AvgIpc) is 3.30. The van der Waals surface area contributed by atoms with E-state index in [0.29, 0.717) is 32.5 Å². The van der Waals surface area contributed by atoms with Crippen molar-refractivity contribution in [2.24, 2.45) is 11.1 Å². The zero-order chi connectivity index (χ0) is 21.6. The van der Waals surface area contributed by atoms with Gasteiger partial charge in [0, 0.05) is 12.3 Å². The Balaban J connectivity index is 1.89. The molecule has 0 radical (unpaired) electrons. The Bertz CT molecular complexity index is 994. The van der Waals surface area contributed by atoms with E-state index in [1.165, 1.54) is 4.68 Å². The number of nitrogens with one attached hydrogen (secondary N) is 1. The number of hydrogen-bond donors (Lipinski definition) is 2. The van der Waals surface area contributed by atoms with Crippen LogP contribution in [0, 0.1) is 17.0 Å². The van der Waals surface area contributed by atoms with Gasteiger partial charge in [-0.05, 0) is 49.1 Å². The lowest BCUT2D eigenvalue weighted by Crippen LogP contribution is -2.26. The van der Waals surface area contributed by atoms with Crippen LogP contribution in [0.4, 0.5) is 14.5 Å². The van der Waals surface area contributed by atoms with Crippen LogP contribution in [0.15, 0.2) is 6.07 Å². The molecular weight excluding hydrogens is 390 g/mol. The highest BCUT2D eigenvalue weighted by molar-refractivity contribution is 5.99. The molecule has 2 heterocycles. The van der Waals surface area contributed by atoms with Gasteiger partial charge in [0.2, 0.25) is 0 Å². The monoisotopic (exact) mass is 418 g/mol. The molecule has 8 heteroatoms. The molecule has 2 aromatic rings. The number of aromatic nitrogens is 2. The minimum Gasteiger partial charge on any atom is -0.379 e. The normalized spacial score (nSPS) is 20.2. The molecule has 1 aromatic heterocycles. The topological polar surface area (TPSA) is 82.2 Å². The molecule has 0 bridgehead atoms. The lowest BCUT2D eigenvalue weighted by molar-refractivity contribution is 0.1000. The van der Waals surface area contributed by atoms with E-state index < -0.39 is 17.5 Å². The molecule has 1 aliphatic heterocycles. The number of anilines is 1. The summed E-state index contributed by atoms with van der Waals surface area (Å²) in [4.78, 5) is 11.9. The highest BCUT2D eigenvalue weighted by Gasteiger charge is 2.33. The molecule has 1 amide bonds. The van der Waals surface area contributed by atoms with E-state index in [1.807, 2.05) is 6.92 Å². The number of hydrogen-bond acceptors (Lipinski definition) is 4. The summed E-state index contributed by atoms with van der Waals surface area (Å²) in [7, 11) is 0. The van der Waals surface area contributed by atoms with Gasteiger partial charge in [0.15, 0.2) is 11.6 Å². The molecule has 1 saturated heterocycles. The predicted octanol–water partition coefficient (Wildman–Crippen LogP) is 3.53. The molecule has 1 aliphatic carbocycles. The number of fused-ring (bicyclic) bond motifs is 1. The largest absolute Gasteiger partial charge is 0.379 e. The fraction of sp³-hybridized carbons (Fsp3) is 0.545. The van der Waals surface area contributed by atoms with Crippen molar-refractivity contribution in [1.82, 2.24) is 9.78 Å². The first-order chi connectivity index (χ1) is 14.2. The summed E-state index contributed by atoms with van der Waals surface area (Å²) in [5.74, 6) is -2.60. The molecule has 1 aromatic carbocycles. The number of carbonyl (C=O) groups excluding carboxylic acids is 1. The molecule has 6 nitrogen and oxygen atoms in total. The van der Waals surface area contributed by atoms with Crippen LogP contribution in [0.1, 0.15) is 60.9 Å². The smallest absolute Gasteiger partial charge is 0.251 e. The maximum Gasteiger partial charge on any atom is 0.251 e. The van der Waals surface area contributed by atoms with Gasteiger partial charge in [-0.2, -0.15) is 5.10 Å². The van der Waals surface area contributed by atoms with Crippen LogP contribution in [0.3, 0.4) is 0 Å². The van der Waals surface area contributed by atoms with Crippen molar-refractivity contribution in [2.75, 3.05) is 18.5 Å². The van der Waals surface area contributed by atoms with E-state index in [1.54, 1.807) is 0 Å². The van der Waals surface area contributed by atoms with Gasteiger partial charge < -0.3 is 15.8 Å². The van der Waals surface area contributed by atoms with Crippen LogP contribution in [-0.2, 0) is 24.0 Å². The molecular formula is C22H28F2N4O2. The summed E-state index contributed by atoms with van der Waals surface area (Å²) < 4.78 is 37.7. The Kier molecular flexibility index (Phi) is 5.30. The highest BCUT2D eigenvalue weighted by atomic mass is 19.1. The molecule has 162 valence electrons. The Hall–Kier alpha value is -2.48. The third kappa shape index (κ3) is 3.57. The fourth-order valence-corrected chi connectivity index (χ4v) is 4.47. The summed E-state index contributed by atoms with van der Waals surface area (Å²) in [5, 5.41) is 7.59. The Morgan fingerprint density at radius 1 is 1.43 bits per heavy atom. The molecule has 30 heavy (non-hydrogen) atoms. The number of primary amides is 1. The van der Waals surface area contributed by atoms with Crippen LogP contribution in [-0.4, -0.2) is 34.9 Å². The van der Waals surface area contributed by atoms with Gasteiger partial charge in [-0.15, -0.1) is 0 Å². The van der Waals surface area contributed by atoms with Crippen molar-refractivity contribution in [3.63, 3.8) is 0 Å². The van der Waals surface area contributed by atoms with Crippen molar-refractivity contribution in [2.45, 2.75) is 58.9 Å². The van der Waals surface area contributed by atoms with Gasteiger partial charge in [-0.1, -0.05) is 20.8 Å². The summed E-state index contributed by atoms with van der Waals surface area (Å²) in [6, 6.07) is 0.833. The lowest BCUT2D eigenvalue weighted by atomic mass is 9.76. The number of amides is 1. The molecule has 0 spiro atoms.